The number of ether oxygens (including phenoxy) is 1. The summed E-state index contributed by atoms with van der Waals surface area (Å²) in [5.74, 6) is -0.0190. The van der Waals surface area contributed by atoms with E-state index in [0.717, 1.165) is 4.47 Å². The molecule has 1 unspecified atom stereocenters. The maximum absolute atomic E-state index is 12.5. The first kappa shape index (κ1) is 23.3. The number of methoxy groups -OCH3 is 1. The molecule has 156 valence electrons. The highest BCUT2D eigenvalue weighted by Crippen LogP contribution is 2.23. The van der Waals surface area contributed by atoms with E-state index in [2.05, 4.69) is 31.3 Å². The number of anilines is 1. The van der Waals surface area contributed by atoms with Crippen LogP contribution in [0.4, 0.5) is 5.69 Å². The molecule has 0 heterocycles. The molecule has 0 saturated carbocycles. The third-order valence-corrected chi connectivity index (χ3v) is 6.33. The molecule has 29 heavy (non-hydrogen) atoms. The number of thiocarbonyl (C=S) groups is 1. The van der Waals surface area contributed by atoms with Crippen molar-refractivity contribution in [2.24, 2.45) is 0 Å². The van der Waals surface area contributed by atoms with Crippen molar-refractivity contribution in [1.82, 2.24) is 10.0 Å². The van der Waals surface area contributed by atoms with Crippen LogP contribution < -0.4 is 20.1 Å². The fourth-order valence-corrected chi connectivity index (χ4v) is 4.22. The van der Waals surface area contributed by atoms with E-state index in [-0.39, 0.29) is 16.0 Å². The Morgan fingerprint density at radius 1 is 1.21 bits per heavy atom. The highest BCUT2D eigenvalue weighted by molar-refractivity contribution is 9.10. The van der Waals surface area contributed by atoms with Crippen LogP contribution in [0.1, 0.15) is 30.6 Å². The van der Waals surface area contributed by atoms with E-state index in [1.807, 2.05) is 6.92 Å². The van der Waals surface area contributed by atoms with Gasteiger partial charge in [0.2, 0.25) is 10.0 Å². The number of rotatable bonds is 7. The predicted molar refractivity (Wildman–Crippen MR) is 121 cm³/mol. The number of hydrogen-bond donors (Lipinski definition) is 3. The van der Waals surface area contributed by atoms with E-state index in [9.17, 15) is 13.2 Å². The number of hydrogen-bond acceptors (Lipinski definition) is 5. The minimum Gasteiger partial charge on any atom is -0.496 e. The molecule has 0 aliphatic carbocycles. The second-order valence-corrected chi connectivity index (χ2v) is 9.25. The summed E-state index contributed by atoms with van der Waals surface area (Å²) in [5.41, 5.74) is 0.864. The van der Waals surface area contributed by atoms with Crippen molar-refractivity contribution in [3.63, 3.8) is 0 Å². The molecule has 0 fully saturated rings. The van der Waals surface area contributed by atoms with Crippen molar-refractivity contribution >= 4 is 54.9 Å². The fraction of sp³-hybridized carbons (Fsp3) is 0.263. The van der Waals surface area contributed by atoms with Gasteiger partial charge in [0.25, 0.3) is 5.91 Å². The molecule has 0 aromatic heterocycles. The lowest BCUT2D eigenvalue weighted by Gasteiger charge is -2.14. The highest BCUT2D eigenvalue weighted by Gasteiger charge is 2.17. The number of halogens is 1. The Morgan fingerprint density at radius 3 is 2.45 bits per heavy atom. The van der Waals surface area contributed by atoms with E-state index < -0.39 is 15.9 Å². The van der Waals surface area contributed by atoms with Crippen molar-refractivity contribution in [2.75, 3.05) is 12.4 Å². The van der Waals surface area contributed by atoms with Crippen LogP contribution in [-0.4, -0.2) is 32.6 Å². The molecule has 2 aromatic carbocycles. The van der Waals surface area contributed by atoms with Crippen LogP contribution in [0.15, 0.2) is 51.8 Å². The Kier molecular flexibility index (Phi) is 8.14. The largest absolute Gasteiger partial charge is 0.496 e. The first-order valence-corrected chi connectivity index (χ1v) is 11.4. The van der Waals surface area contributed by atoms with Gasteiger partial charge < -0.3 is 10.1 Å². The van der Waals surface area contributed by atoms with Gasteiger partial charge in [-0.05, 0) is 68.0 Å². The molecule has 0 bridgehead atoms. The molecule has 0 aliphatic rings. The van der Waals surface area contributed by atoms with Gasteiger partial charge in [0.05, 0.1) is 17.6 Å². The molecule has 1 amide bonds. The van der Waals surface area contributed by atoms with Gasteiger partial charge in [-0.3, -0.25) is 10.1 Å². The fourth-order valence-electron chi connectivity index (χ4n) is 2.32. The highest BCUT2D eigenvalue weighted by atomic mass is 79.9. The van der Waals surface area contributed by atoms with Crippen LogP contribution >= 0.6 is 28.1 Å². The van der Waals surface area contributed by atoms with Gasteiger partial charge in [-0.25, -0.2) is 13.1 Å². The van der Waals surface area contributed by atoms with Gasteiger partial charge in [0.1, 0.15) is 5.75 Å². The van der Waals surface area contributed by atoms with Gasteiger partial charge >= 0.3 is 0 Å². The molecular formula is C19H22BrN3O4S2. The maximum Gasteiger partial charge on any atom is 0.261 e. The normalized spacial score (nSPS) is 12.1. The summed E-state index contributed by atoms with van der Waals surface area (Å²) in [6.07, 6.45) is 0.690. The number of carbonyl (C=O) groups excluding carboxylic acids is 1. The first-order chi connectivity index (χ1) is 13.7. The Labute approximate surface area is 184 Å². The predicted octanol–water partition coefficient (Wildman–Crippen LogP) is 3.66. The molecule has 3 N–H and O–H groups in total. The molecule has 2 rings (SSSR count). The zero-order chi connectivity index (χ0) is 21.6. The van der Waals surface area contributed by atoms with Gasteiger partial charge in [0, 0.05) is 16.2 Å². The standard InChI is InChI=1S/C19H22BrN3O4S2/c1-4-12(2)23-29(25,26)15-8-6-14(7-9-15)21-19(28)22-18(24)16-11-13(20)5-10-17(16)27-3/h5-12,23H,4H2,1-3H3,(H2,21,22,24,28). The zero-order valence-corrected chi connectivity index (χ0v) is 19.4. The van der Waals surface area contributed by atoms with Gasteiger partial charge in [-0.15, -0.1) is 0 Å². The number of benzene rings is 2. The summed E-state index contributed by atoms with van der Waals surface area (Å²) in [7, 11) is -2.11. The molecule has 0 spiro atoms. The molecular weight excluding hydrogens is 478 g/mol. The summed E-state index contributed by atoms with van der Waals surface area (Å²) in [6.45, 7) is 3.70. The topological polar surface area (TPSA) is 96.5 Å². The third kappa shape index (κ3) is 6.49. The average molecular weight is 500 g/mol. The Balaban J connectivity index is 2.04. The van der Waals surface area contributed by atoms with Crippen molar-refractivity contribution in [1.29, 1.82) is 0 Å². The number of sulfonamides is 1. The van der Waals surface area contributed by atoms with E-state index in [0.29, 0.717) is 23.4 Å². The summed E-state index contributed by atoms with van der Waals surface area (Å²) >= 11 is 8.50. The monoisotopic (exact) mass is 499 g/mol. The molecule has 1 atom stereocenters. The SMILES string of the molecule is CCC(C)NS(=O)(=O)c1ccc(NC(=S)NC(=O)c2cc(Br)ccc2OC)cc1. The van der Waals surface area contributed by atoms with E-state index in [4.69, 9.17) is 17.0 Å². The summed E-state index contributed by atoms with van der Waals surface area (Å²) in [5, 5.41) is 5.51. The Hall–Kier alpha value is -2.01. The van der Waals surface area contributed by atoms with Gasteiger partial charge in [-0.1, -0.05) is 22.9 Å². The summed E-state index contributed by atoms with van der Waals surface area (Å²) < 4.78 is 33.1. The number of carbonyl (C=O) groups is 1. The maximum atomic E-state index is 12.5. The van der Waals surface area contributed by atoms with E-state index in [1.54, 1.807) is 37.3 Å². The van der Waals surface area contributed by atoms with E-state index >= 15 is 0 Å². The van der Waals surface area contributed by atoms with E-state index in [1.165, 1.54) is 19.2 Å². The molecule has 7 nitrogen and oxygen atoms in total. The average Bonchev–Trinajstić information content (AvgIpc) is 2.67. The van der Waals surface area contributed by atoms with Crippen LogP contribution in [0.2, 0.25) is 0 Å². The zero-order valence-electron chi connectivity index (χ0n) is 16.2. The molecule has 0 saturated heterocycles. The first-order valence-electron chi connectivity index (χ1n) is 8.74. The van der Waals surface area contributed by atoms with Crippen LogP contribution in [0.3, 0.4) is 0 Å². The molecule has 2 aromatic rings. The molecule has 0 radical (unpaired) electrons. The third-order valence-electron chi connectivity index (χ3n) is 4.02. The summed E-state index contributed by atoms with van der Waals surface area (Å²) in [4.78, 5) is 12.6. The lowest BCUT2D eigenvalue weighted by molar-refractivity contribution is 0.0974. The number of nitrogens with one attached hydrogen (secondary N) is 3. The smallest absolute Gasteiger partial charge is 0.261 e. The van der Waals surface area contributed by atoms with Crippen LogP contribution in [-0.2, 0) is 10.0 Å². The van der Waals surface area contributed by atoms with Crippen LogP contribution in [0.25, 0.3) is 0 Å². The van der Waals surface area contributed by atoms with Crippen molar-refractivity contribution < 1.29 is 17.9 Å². The lowest BCUT2D eigenvalue weighted by Crippen LogP contribution is -2.34. The Morgan fingerprint density at radius 2 is 1.86 bits per heavy atom. The molecule has 10 heteroatoms. The molecule has 0 aliphatic heterocycles. The van der Waals surface area contributed by atoms with Gasteiger partial charge in [0.15, 0.2) is 5.11 Å². The van der Waals surface area contributed by atoms with Crippen molar-refractivity contribution in [2.45, 2.75) is 31.2 Å². The number of amides is 1. The van der Waals surface area contributed by atoms with Crippen LogP contribution in [0, 0.1) is 0 Å². The lowest BCUT2D eigenvalue weighted by atomic mass is 10.2. The Bertz CT molecular complexity index is 995. The minimum absolute atomic E-state index is 0.0744. The van der Waals surface area contributed by atoms with Crippen molar-refractivity contribution in [3.05, 3.63) is 52.5 Å². The second kappa shape index (κ2) is 10.1. The summed E-state index contributed by atoms with van der Waals surface area (Å²) in [6, 6.07) is 11.0. The van der Waals surface area contributed by atoms with Crippen LogP contribution in [0.5, 0.6) is 5.75 Å². The quantitative estimate of drug-likeness (QED) is 0.503. The van der Waals surface area contributed by atoms with Crippen molar-refractivity contribution in [3.8, 4) is 5.75 Å². The second-order valence-electron chi connectivity index (χ2n) is 6.21. The van der Waals surface area contributed by atoms with Gasteiger partial charge in [-0.2, -0.15) is 0 Å². The minimum atomic E-state index is -3.58.